The third kappa shape index (κ3) is 8.29. The fourth-order valence-corrected chi connectivity index (χ4v) is 3.95. The van der Waals surface area contributed by atoms with Crippen molar-refractivity contribution in [1.29, 1.82) is 0 Å². The van der Waals surface area contributed by atoms with Gasteiger partial charge < -0.3 is 20.7 Å². The van der Waals surface area contributed by atoms with E-state index in [0.29, 0.717) is 5.75 Å². The average Bonchev–Trinajstić information content (AvgIpc) is 2.90. The summed E-state index contributed by atoms with van der Waals surface area (Å²) in [6.07, 6.45) is -5.25. The molecule has 0 saturated carbocycles. The van der Waals surface area contributed by atoms with E-state index in [2.05, 4.69) is 5.32 Å². The van der Waals surface area contributed by atoms with Gasteiger partial charge in [-0.3, -0.25) is 19.2 Å². The second-order valence-corrected chi connectivity index (χ2v) is 9.96. The van der Waals surface area contributed by atoms with Crippen LogP contribution in [0.4, 0.5) is 22.0 Å². The van der Waals surface area contributed by atoms with Crippen LogP contribution in [0.2, 0.25) is 10.0 Å². The molecule has 2 aromatic carbocycles. The van der Waals surface area contributed by atoms with Crippen molar-refractivity contribution in [1.82, 2.24) is 16.0 Å². The van der Waals surface area contributed by atoms with Crippen molar-refractivity contribution >= 4 is 46.7 Å². The van der Waals surface area contributed by atoms with Gasteiger partial charge in [-0.15, -0.1) is 0 Å². The van der Waals surface area contributed by atoms with E-state index in [0.717, 1.165) is 19.1 Å². The van der Waals surface area contributed by atoms with Crippen molar-refractivity contribution in [3.05, 3.63) is 63.6 Å². The van der Waals surface area contributed by atoms with Crippen molar-refractivity contribution in [2.24, 2.45) is 5.92 Å². The van der Waals surface area contributed by atoms with Crippen molar-refractivity contribution in [2.75, 3.05) is 7.11 Å². The lowest BCUT2D eigenvalue weighted by Crippen LogP contribution is -2.55. The highest BCUT2D eigenvalue weighted by Gasteiger charge is 2.46. The molecular formula is C26H26Cl2F5N3O5. The molecular weight excluding hydrogens is 600 g/mol. The highest BCUT2D eigenvalue weighted by atomic mass is 35.5. The van der Waals surface area contributed by atoms with Crippen molar-refractivity contribution in [3.63, 3.8) is 0 Å². The number of ether oxygens (including phenoxy) is 1. The first-order valence-electron chi connectivity index (χ1n) is 11.9. The molecule has 0 aliphatic rings. The highest BCUT2D eigenvalue weighted by molar-refractivity contribution is 6.42. The predicted molar refractivity (Wildman–Crippen MR) is 140 cm³/mol. The molecule has 3 amide bonds. The number of benzene rings is 2. The number of amides is 3. The van der Waals surface area contributed by atoms with Crippen LogP contribution in [0.1, 0.15) is 37.9 Å². The van der Waals surface area contributed by atoms with Gasteiger partial charge in [-0.25, -0.2) is 0 Å². The smallest absolute Gasteiger partial charge is 0.452 e. The van der Waals surface area contributed by atoms with E-state index in [1.54, 1.807) is 0 Å². The first kappa shape index (κ1) is 33.8. The molecule has 224 valence electrons. The molecule has 0 aliphatic carbocycles. The lowest BCUT2D eigenvalue weighted by Gasteiger charge is -2.27. The number of carbonyl (C=O) groups is 4. The van der Waals surface area contributed by atoms with Crippen LogP contribution in [0, 0.1) is 5.92 Å². The zero-order chi connectivity index (χ0) is 31.3. The molecule has 0 spiro atoms. The minimum atomic E-state index is -5.25. The Labute approximate surface area is 241 Å². The SMILES string of the molecule is COc1ccc([C@H](NC(=O)[C@H](C)NC(=O)C(F)(F)c2cccc(Cl)c2Cl)C(=O)N[C@H](C(=O)C(F)(F)F)C(C)C)cc1. The highest BCUT2D eigenvalue weighted by Crippen LogP contribution is 2.37. The third-order valence-corrected chi connectivity index (χ3v) is 6.66. The maximum absolute atomic E-state index is 14.8. The summed E-state index contributed by atoms with van der Waals surface area (Å²) in [5.41, 5.74) is -0.866. The topological polar surface area (TPSA) is 114 Å². The van der Waals surface area contributed by atoms with Crippen molar-refractivity contribution < 1.29 is 45.9 Å². The Hall–Kier alpha value is -3.45. The fraction of sp³-hybridized carbons (Fsp3) is 0.385. The maximum Gasteiger partial charge on any atom is 0.452 e. The fourth-order valence-electron chi connectivity index (χ4n) is 3.53. The summed E-state index contributed by atoms with van der Waals surface area (Å²) in [4.78, 5) is 50.4. The Kier molecular flexibility index (Phi) is 11.1. The standard InChI is InChI=1S/C26H26Cl2F5N3O5/c1-12(2)19(21(37)26(31,32)33)35-23(39)20(14-8-10-15(41-4)11-9-14)36-22(38)13(3)34-24(40)25(29,30)16-6-5-7-17(27)18(16)28/h5-13,19-20H,1-4H3,(H,34,40)(H,35,39)(H,36,38)/t13-,19-,20-/m0/s1. The van der Waals surface area contributed by atoms with Crippen LogP contribution in [0.3, 0.4) is 0 Å². The number of nitrogens with one attached hydrogen (secondary N) is 3. The van der Waals surface area contributed by atoms with Gasteiger partial charge >= 0.3 is 12.1 Å². The molecule has 41 heavy (non-hydrogen) atoms. The van der Waals surface area contributed by atoms with Crippen molar-refractivity contribution in [3.8, 4) is 5.75 Å². The second-order valence-electron chi connectivity index (χ2n) is 9.18. The summed E-state index contributed by atoms with van der Waals surface area (Å²) in [7, 11) is 1.35. The molecule has 15 heteroatoms. The van der Waals surface area contributed by atoms with Crippen LogP contribution >= 0.6 is 23.2 Å². The van der Waals surface area contributed by atoms with E-state index >= 15 is 0 Å². The summed E-state index contributed by atoms with van der Waals surface area (Å²) >= 11 is 11.6. The number of methoxy groups -OCH3 is 1. The zero-order valence-corrected chi connectivity index (χ0v) is 23.5. The van der Waals surface area contributed by atoms with Gasteiger partial charge in [-0.05, 0) is 36.6 Å². The van der Waals surface area contributed by atoms with Crippen LogP contribution in [0.5, 0.6) is 5.75 Å². The average molecular weight is 626 g/mol. The van der Waals surface area contributed by atoms with Gasteiger partial charge in [0.2, 0.25) is 11.8 Å². The predicted octanol–water partition coefficient (Wildman–Crippen LogP) is 4.73. The summed E-state index contributed by atoms with van der Waals surface area (Å²) in [5.74, 6) is -11.3. The molecule has 0 aliphatic heterocycles. The molecule has 3 atom stereocenters. The summed E-state index contributed by atoms with van der Waals surface area (Å²) in [6, 6.07) is 3.31. The van der Waals surface area contributed by atoms with Crippen LogP contribution in [0.25, 0.3) is 0 Å². The quantitative estimate of drug-likeness (QED) is 0.313. The molecule has 0 saturated heterocycles. The van der Waals surface area contributed by atoms with E-state index in [1.807, 2.05) is 10.6 Å². The van der Waals surface area contributed by atoms with Crippen LogP contribution in [-0.2, 0) is 25.1 Å². The Balaban J connectivity index is 2.31. The minimum absolute atomic E-state index is 0.0492. The summed E-state index contributed by atoms with van der Waals surface area (Å²) in [5, 5.41) is 5.23. The van der Waals surface area contributed by atoms with Crippen LogP contribution in [0.15, 0.2) is 42.5 Å². The van der Waals surface area contributed by atoms with E-state index in [-0.39, 0.29) is 10.6 Å². The van der Waals surface area contributed by atoms with E-state index in [4.69, 9.17) is 27.9 Å². The first-order valence-corrected chi connectivity index (χ1v) is 12.7. The lowest BCUT2D eigenvalue weighted by molar-refractivity contribution is -0.175. The normalized spacial score (nSPS) is 14.0. The van der Waals surface area contributed by atoms with Gasteiger partial charge in [0.05, 0.1) is 28.8 Å². The Morgan fingerprint density at radius 1 is 0.829 bits per heavy atom. The van der Waals surface area contributed by atoms with E-state index < -0.39 is 70.2 Å². The molecule has 0 bridgehead atoms. The number of alkyl halides is 5. The molecule has 8 nitrogen and oxygen atoms in total. The van der Waals surface area contributed by atoms with Gasteiger partial charge in [0.15, 0.2) is 0 Å². The maximum atomic E-state index is 14.8. The second kappa shape index (κ2) is 13.5. The van der Waals surface area contributed by atoms with Crippen LogP contribution < -0.4 is 20.7 Å². The van der Waals surface area contributed by atoms with E-state index in [1.165, 1.54) is 51.3 Å². The Bertz CT molecular complexity index is 1290. The molecule has 3 N–H and O–H groups in total. The number of rotatable bonds is 11. The monoisotopic (exact) mass is 625 g/mol. The molecule has 0 radical (unpaired) electrons. The summed E-state index contributed by atoms with van der Waals surface area (Å²) < 4.78 is 74.1. The van der Waals surface area contributed by atoms with Crippen LogP contribution in [-0.4, -0.2) is 48.9 Å². The zero-order valence-electron chi connectivity index (χ0n) is 22.0. The minimum Gasteiger partial charge on any atom is -0.497 e. The molecule has 0 aromatic heterocycles. The third-order valence-electron chi connectivity index (χ3n) is 5.84. The van der Waals surface area contributed by atoms with Crippen molar-refractivity contribution in [2.45, 2.75) is 51.0 Å². The Morgan fingerprint density at radius 3 is 1.93 bits per heavy atom. The number of carbonyl (C=O) groups excluding carboxylic acids is 4. The number of halogens is 7. The number of hydrogen-bond donors (Lipinski definition) is 3. The number of Topliss-reactive ketones (excluding diaryl/α,β-unsaturated/α-hetero) is 1. The van der Waals surface area contributed by atoms with Gasteiger partial charge in [0, 0.05) is 0 Å². The first-order chi connectivity index (χ1) is 18.9. The Morgan fingerprint density at radius 2 is 1.41 bits per heavy atom. The molecule has 2 aromatic rings. The molecule has 0 unspecified atom stereocenters. The number of ketones is 1. The number of hydrogen-bond acceptors (Lipinski definition) is 5. The molecule has 0 heterocycles. The van der Waals surface area contributed by atoms with Gasteiger partial charge in [-0.2, -0.15) is 22.0 Å². The van der Waals surface area contributed by atoms with Gasteiger partial charge in [0.1, 0.15) is 17.8 Å². The largest absolute Gasteiger partial charge is 0.497 e. The summed E-state index contributed by atoms with van der Waals surface area (Å²) in [6.45, 7) is 3.59. The van der Waals surface area contributed by atoms with Gasteiger partial charge in [-0.1, -0.05) is 61.3 Å². The molecule has 2 rings (SSSR count). The molecule has 0 fully saturated rings. The van der Waals surface area contributed by atoms with E-state index in [9.17, 15) is 41.1 Å². The lowest BCUT2D eigenvalue weighted by atomic mass is 9.97. The van der Waals surface area contributed by atoms with Gasteiger partial charge in [0.25, 0.3) is 11.7 Å².